The molecule has 0 bridgehead atoms. The molecular weight excluding hydrogens is 253 g/mol. The van der Waals surface area contributed by atoms with Crippen LogP contribution < -0.4 is 5.73 Å². The van der Waals surface area contributed by atoms with Gasteiger partial charge >= 0.3 is 0 Å². The predicted octanol–water partition coefficient (Wildman–Crippen LogP) is 2.61. The van der Waals surface area contributed by atoms with E-state index in [1.807, 2.05) is 17.7 Å². The topological polar surface area (TPSA) is 43.8 Å². The van der Waals surface area contributed by atoms with E-state index in [1.54, 1.807) is 12.4 Å². The molecular formula is C13H15ClFN3. The summed E-state index contributed by atoms with van der Waals surface area (Å²) in [5, 5.41) is 0.428. The summed E-state index contributed by atoms with van der Waals surface area (Å²) < 4.78 is 14.8. The zero-order chi connectivity index (χ0) is 13.1. The third kappa shape index (κ3) is 3.31. The summed E-state index contributed by atoms with van der Waals surface area (Å²) in [5.74, 6) is -0.327. The molecule has 5 heteroatoms. The Morgan fingerprint density at radius 3 is 2.94 bits per heavy atom. The SMILES string of the molecule is CC(N)Cc1cn(Cc2ccc(F)cc2Cl)cn1. The van der Waals surface area contributed by atoms with Crippen LogP contribution in [0.25, 0.3) is 0 Å². The molecule has 0 aliphatic carbocycles. The van der Waals surface area contributed by atoms with Gasteiger partial charge in [-0.3, -0.25) is 0 Å². The Morgan fingerprint density at radius 2 is 2.28 bits per heavy atom. The van der Waals surface area contributed by atoms with Crippen molar-refractivity contribution in [2.75, 3.05) is 0 Å². The lowest BCUT2D eigenvalue weighted by molar-refractivity contribution is 0.626. The number of imidazole rings is 1. The first-order chi connectivity index (χ1) is 8.54. The Hall–Kier alpha value is -1.39. The van der Waals surface area contributed by atoms with Gasteiger partial charge in [0.25, 0.3) is 0 Å². The van der Waals surface area contributed by atoms with Gasteiger partial charge in [0.05, 0.1) is 12.0 Å². The number of aromatic nitrogens is 2. The van der Waals surface area contributed by atoms with Crippen molar-refractivity contribution in [3.63, 3.8) is 0 Å². The zero-order valence-electron chi connectivity index (χ0n) is 10.1. The summed E-state index contributed by atoms with van der Waals surface area (Å²) in [5.41, 5.74) is 7.53. The number of benzene rings is 1. The molecule has 0 aliphatic heterocycles. The van der Waals surface area contributed by atoms with Crippen LogP contribution in [0.5, 0.6) is 0 Å². The van der Waals surface area contributed by atoms with Crippen LogP contribution in [0.1, 0.15) is 18.2 Å². The van der Waals surface area contributed by atoms with Crippen LogP contribution >= 0.6 is 11.6 Å². The first-order valence-electron chi connectivity index (χ1n) is 5.75. The van der Waals surface area contributed by atoms with E-state index in [0.717, 1.165) is 17.7 Å². The fourth-order valence-electron chi connectivity index (χ4n) is 1.77. The smallest absolute Gasteiger partial charge is 0.124 e. The summed E-state index contributed by atoms with van der Waals surface area (Å²) in [7, 11) is 0. The van der Waals surface area contributed by atoms with Gasteiger partial charge in [0.2, 0.25) is 0 Å². The standard InChI is InChI=1S/C13H15ClFN3/c1-9(16)4-12-7-18(8-17-12)6-10-2-3-11(15)5-13(10)14/h2-3,5,7-9H,4,6,16H2,1H3. The molecule has 1 aromatic carbocycles. The highest BCUT2D eigenvalue weighted by Crippen LogP contribution is 2.18. The quantitative estimate of drug-likeness (QED) is 0.925. The normalized spacial score (nSPS) is 12.7. The number of hydrogen-bond acceptors (Lipinski definition) is 2. The number of rotatable bonds is 4. The maximum absolute atomic E-state index is 12.9. The number of halogens is 2. The molecule has 2 rings (SSSR count). The highest BCUT2D eigenvalue weighted by molar-refractivity contribution is 6.31. The van der Waals surface area contributed by atoms with Gasteiger partial charge in [-0.15, -0.1) is 0 Å². The molecule has 1 heterocycles. The van der Waals surface area contributed by atoms with E-state index < -0.39 is 0 Å². The van der Waals surface area contributed by atoms with Crippen LogP contribution in [0.15, 0.2) is 30.7 Å². The van der Waals surface area contributed by atoms with Crippen molar-refractivity contribution < 1.29 is 4.39 Å². The minimum atomic E-state index is -0.327. The summed E-state index contributed by atoms with van der Waals surface area (Å²) in [4.78, 5) is 4.27. The minimum Gasteiger partial charge on any atom is -0.333 e. The molecule has 18 heavy (non-hydrogen) atoms. The lowest BCUT2D eigenvalue weighted by Gasteiger charge is -2.05. The first-order valence-corrected chi connectivity index (χ1v) is 6.12. The largest absolute Gasteiger partial charge is 0.333 e. The Labute approximate surface area is 110 Å². The Kier molecular flexibility index (Phi) is 3.99. The molecule has 1 unspecified atom stereocenters. The summed E-state index contributed by atoms with van der Waals surface area (Å²) in [6.45, 7) is 2.51. The van der Waals surface area contributed by atoms with Crippen LogP contribution in [0.2, 0.25) is 5.02 Å². The second-order valence-electron chi connectivity index (χ2n) is 4.45. The van der Waals surface area contributed by atoms with Crippen LogP contribution in [0.4, 0.5) is 4.39 Å². The molecule has 1 aromatic heterocycles. The third-order valence-corrected chi connectivity index (χ3v) is 2.94. The molecule has 0 saturated heterocycles. The Bertz CT molecular complexity index is 537. The first kappa shape index (κ1) is 13.1. The molecule has 2 N–H and O–H groups in total. The molecule has 1 atom stereocenters. The number of nitrogens with zero attached hydrogens (tertiary/aromatic N) is 2. The molecule has 96 valence electrons. The molecule has 0 spiro atoms. The molecule has 2 aromatic rings. The van der Waals surface area contributed by atoms with Gasteiger partial charge in [0.15, 0.2) is 0 Å². The van der Waals surface area contributed by atoms with E-state index in [0.29, 0.717) is 11.6 Å². The summed E-state index contributed by atoms with van der Waals surface area (Å²) in [6, 6.07) is 4.49. The Morgan fingerprint density at radius 1 is 1.50 bits per heavy atom. The number of nitrogens with two attached hydrogens (primary N) is 1. The second kappa shape index (κ2) is 5.50. The minimum absolute atomic E-state index is 0.0859. The van der Waals surface area contributed by atoms with E-state index in [9.17, 15) is 4.39 Å². The van der Waals surface area contributed by atoms with Crippen molar-refractivity contribution in [1.82, 2.24) is 9.55 Å². The van der Waals surface area contributed by atoms with E-state index in [1.165, 1.54) is 12.1 Å². The molecule has 3 nitrogen and oxygen atoms in total. The fraction of sp³-hybridized carbons (Fsp3) is 0.308. The molecule has 0 aliphatic rings. The van der Waals surface area contributed by atoms with Gasteiger partial charge in [-0.05, 0) is 24.6 Å². The van der Waals surface area contributed by atoms with Crippen molar-refractivity contribution in [3.8, 4) is 0 Å². The lowest BCUT2D eigenvalue weighted by Crippen LogP contribution is -2.17. The van der Waals surface area contributed by atoms with Crippen LogP contribution in [-0.2, 0) is 13.0 Å². The van der Waals surface area contributed by atoms with E-state index in [2.05, 4.69) is 4.98 Å². The Balaban J connectivity index is 2.11. The maximum Gasteiger partial charge on any atom is 0.124 e. The second-order valence-corrected chi connectivity index (χ2v) is 4.86. The van der Waals surface area contributed by atoms with Crippen LogP contribution in [0, 0.1) is 5.82 Å². The van der Waals surface area contributed by atoms with Gasteiger partial charge in [-0.1, -0.05) is 17.7 Å². The van der Waals surface area contributed by atoms with Gasteiger partial charge in [0.1, 0.15) is 5.82 Å². The fourth-order valence-corrected chi connectivity index (χ4v) is 2.00. The monoisotopic (exact) mass is 267 g/mol. The predicted molar refractivity (Wildman–Crippen MR) is 70.1 cm³/mol. The summed E-state index contributed by atoms with van der Waals surface area (Å²) in [6.07, 6.45) is 4.41. The van der Waals surface area contributed by atoms with E-state index in [4.69, 9.17) is 17.3 Å². The lowest BCUT2D eigenvalue weighted by atomic mass is 10.2. The van der Waals surface area contributed by atoms with E-state index >= 15 is 0 Å². The van der Waals surface area contributed by atoms with Crippen LogP contribution in [-0.4, -0.2) is 15.6 Å². The number of hydrogen-bond donors (Lipinski definition) is 1. The summed E-state index contributed by atoms with van der Waals surface area (Å²) >= 11 is 5.98. The third-order valence-electron chi connectivity index (χ3n) is 2.59. The maximum atomic E-state index is 12.9. The van der Waals surface area contributed by atoms with Crippen molar-refractivity contribution in [3.05, 3.63) is 52.8 Å². The van der Waals surface area contributed by atoms with Gasteiger partial charge < -0.3 is 10.3 Å². The van der Waals surface area contributed by atoms with Crippen molar-refractivity contribution in [2.45, 2.75) is 25.9 Å². The highest BCUT2D eigenvalue weighted by atomic mass is 35.5. The van der Waals surface area contributed by atoms with Gasteiger partial charge in [-0.25, -0.2) is 9.37 Å². The highest BCUT2D eigenvalue weighted by Gasteiger charge is 2.05. The molecule has 0 fully saturated rings. The van der Waals surface area contributed by atoms with E-state index in [-0.39, 0.29) is 11.9 Å². The van der Waals surface area contributed by atoms with Crippen molar-refractivity contribution in [1.29, 1.82) is 0 Å². The molecule has 0 amide bonds. The molecule has 0 radical (unpaired) electrons. The average Bonchev–Trinajstić information content (AvgIpc) is 2.69. The van der Waals surface area contributed by atoms with Crippen LogP contribution in [0.3, 0.4) is 0 Å². The molecule has 0 saturated carbocycles. The zero-order valence-corrected chi connectivity index (χ0v) is 10.9. The van der Waals surface area contributed by atoms with Crippen molar-refractivity contribution in [2.24, 2.45) is 5.73 Å². The van der Waals surface area contributed by atoms with Gasteiger partial charge in [0, 0.05) is 30.2 Å². The van der Waals surface area contributed by atoms with Crippen molar-refractivity contribution >= 4 is 11.6 Å². The van der Waals surface area contributed by atoms with Gasteiger partial charge in [-0.2, -0.15) is 0 Å². The average molecular weight is 268 g/mol.